The first-order valence-electron chi connectivity index (χ1n) is 8.77. The van der Waals surface area contributed by atoms with Crippen LogP contribution in [-0.2, 0) is 0 Å². The molecule has 4 nitrogen and oxygen atoms in total. The van der Waals surface area contributed by atoms with Gasteiger partial charge in [0.25, 0.3) is 0 Å². The number of para-hydroxylation sites is 1. The number of aryl methyl sites for hydroxylation is 1. The van der Waals surface area contributed by atoms with E-state index in [1.54, 1.807) is 6.20 Å². The van der Waals surface area contributed by atoms with Crippen molar-refractivity contribution in [2.75, 3.05) is 44.2 Å². The van der Waals surface area contributed by atoms with Crippen LogP contribution in [0.1, 0.15) is 17.7 Å². The van der Waals surface area contributed by atoms with Crippen LogP contribution in [-0.4, -0.2) is 55.4 Å². The third-order valence-electron chi connectivity index (χ3n) is 4.50. The Morgan fingerprint density at radius 3 is 2.58 bits per heavy atom. The van der Waals surface area contributed by atoms with Gasteiger partial charge in [-0.3, -0.25) is 14.9 Å². The fourth-order valence-electron chi connectivity index (χ4n) is 3.13. The van der Waals surface area contributed by atoms with Gasteiger partial charge in [-0.05, 0) is 37.1 Å². The number of nitrogens with zero attached hydrogens (tertiary/aromatic N) is 4. The Hall–Kier alpha value is -2.20. The first-order valence-corrected chi connectivity index (χ1v) is 8.77. The van der Waals surface area contributed by atoms with Gasteiger partial charge >= 0.3 is 0 Å². The minimum atomic E-state index is 0.870. The summed E-state index contributed by atoms with van der Waals surface area (Å²) in [5, 5.41) is 0. The first-order chi connectivity index (χ1) is 11.8. The van der Waals surface area contributed by atoms with Crippen LogP contribution in [0.2, 0.25) is 0 Å². The lowest BCUT2D eigenvalue weighted by molar-refractivity contribution is 0.256. The van der Waals surface area contributed by atoms with Crippen molar-refractivity contribution in [2.45, 2.75) is 13.3 Å². The van der Waals surface area contributed by atoms with Crippen molar-refractivity contribution < 1.29 is 0 Å². The minimum Gasteiger partial charge on any atom is -0.369 e. The number of benzene rings is 1. The molecule has 0 aliphatic carbocycles. The molecule has 1 aliphatic heterocycles. The van der Waals surface area contributed by atoms with Crippen LogP contribution in [0, 0.1) is 6.92 Å². The summed E-state index contributed by atoms with van der Waals surface area (Å²) in [5.41, 5.74) is 3.69. The highest BCUT2D eigenvalue weighted by atomic mass is 15.3. The average molecular weight is 322 g/mol. The number of pyridine rings is 1. The molecule has 1 aromatic heterocycles. The van der Waals surface area contributed by atoms with Crippen molar-refractivity contribution >= 4 is 11.9 Å². The van der Waals surface area contributed by atoms with Gasteiger partial charge in [-0.25, -0.2) is 0 Å². The van der Waals surface area contributed by atoms with Crippen LogP contribution < -0.4 is 4.90 Å². The van der Waals surface area contributed by atoms with E-state index in [2.05, 4.69) is 51.0 Å². The molecular formula is C20H26N4. The number of hydrogen-bond acceptors (Lipinski definition) is 4. The van der Waals surface area contributed by atoms with E-state index in [0.29, 0.717) is 0 Å². The largest absolute Gasteiger partial charge is 0.369 e. The molecule has 1 aromatic carbocycles. The molecule has 1 fully saturated rings. The lowest BCUT2D eigenvalue weighted by Crippen LogP contribution is -2.46. The molecule has 4 heteroatoms. The van der Waals surface area contributed by atoms with Gasteiger partial charge in [-0.2, -0.15) is 0 Å². The number of aromatic nitrogens is 1. The summed E-state index contributed by atoms with van der Waals surface area (Å²) >= 11 is 0. The van der Waals surface area contributed by atoms with Crippen molar-refractivity contribution in [3.8, 4) is 0 Å². The Morgan fingerprint density at radius 2 is 1.83 bits per heavy atom. The fourth-order valence-corrected chi connectivity index (χ4v) is 3.13. The molecule has 0 N–H and O–H groups in total. The van der Waals surface area contributed by atoms with E-state index in [0.717, 1.165) is 51.4 Å². The fraction of sp³-hybridized carbons (Fsp3) is 0.400. The number of piperazine rings is 1. The molecule has 2 aromatic rings. The molecule has 1 aliphatic rings. The molecule has 0 unspecified atom stereocenters. The van der Waals surface area contributed by atoms with E-state index >= 15 is 0 Å². The highest BCUT2D eigenvalue weighted by Gasteiger charge is 2.17. The Bertz CT molecular complexity index is 646. The van der Waals surface area contributed by atoms with E-state index < -0.39 is 0 Å². The molecule has 0 spiro atoms. The molecule has 0 bridgehead atoms. The van der Waals surface area contributed by atoms with E-state index in [1.807, 2.05) is 24.4 Å². The van der Waals surface area contributed by atoms with Crippen molar-refractivity contribution in [1.29, 1.82) is 0 Å². The Kier molecular flexibility index (Phi) is 5.96. The monoisotopic (exact) mass is 322 g/mol. The highest BCUT2D eigenvalue weighted by molar-refractivity contribution is 5.76. The number of hydrogen-bond donors (Lipinski definition) is 0. The molecule has 24 heavy (non-hydrogen) atoms. The molecule has 0 saturated carbocycles. The SMILES string of the molecule is Cc1ccccc1N1CCN(CCCN=Cc2ccccn2)CC1. The predicted molar refractivity (Wildman–Crippen MR) is 101 cm³/mol. The smallest absolute Gasteiger partial charge is 0.0807 e. The van der Waals surface area contributed by atoms with Crippen LogP contribution in [0.15, 0.2) is 53.7 Å². The van der Waals surface area contributed by atoms with Crippen molar-refractivity contribution in [2.24, 2.45) is 4.99 Å². The summed E-state index contributed by atoms with van der Waals surface area (Å²) in [6.07, 6.45) is 4.78. The van der Waals surface area contributed by atoms with Gasteiger partial charge < -0.3 is 4.90 Å². The normalized spacial score (nSPS) is 16.0. The van der Waals surface area contributed by atoms with Crippen LogP contribution >= 0.6 is 0 Å². The molecule has 0 atom stereocenters. The van der Waals surface area contributed by atoms with Gasteiger partial charge in [0.05, 0.1) is 5.69 Å². The second kappa shape index (κ2) is 8.60. The summed E-state index contributed by atoms with van der Waals surface area (Å²) in [5.74, 6) is 0. The molecule has 1 saturated heterocycles. The molecular weight excluding hydrogens is 296 g/mol. The third-order valence-corrected chi connectivity index (χ3v) is 4.50. The summed E-state index contributed by atoms with van der Waals surface area (Å²) in [7, 11) is 0. The van der Waals surface area contributed by atoms with Crippen molar-refractivity contribution in [1.82, 2.24) is 9.88 Å². The molecule has 0 amide bonds. The predicted octanol–water partition coefficient (Wildman–Crippen LogP) is 3.02. The number of rotatable bonds is 6. The quantitative estimate of drug-likeness (QED) is 0.605. The van der Waals surface area contributed by atoms with Gasteiger partial charge in [0.15, 0.2) is 0 Å². The van der Waals surface area contributed by atoms with Gasteiger partial charge in [0, 0.05) is 57.4 Å². The summed E-state index contributed by atoms with van der Waals surface area (Å²) < 4.78 is 0. The van der Waals surface area contributed by atoms with Crippen LogP contribution in [0.3, 0.4) is 0 Å². The highest BCUT2D eigenvalue weighted by Crippen LogP contribution is 2.20. The zero-order valence-corrected chi connectivity index (χ0v) is 14.4. The molecule has 2 heterocycles. The Labute approximate surface area is 144 Å². The minimum absolute atomic E-state index is 0.870. The maximum atomic E-state index is 4.48. The lowest BCUT2D eigenvalue weighted by Gasteiger charge is -2.36. The standard InChI is InChI=1S/C20H26N4/c1-18-7-2-3-9-20(18)24-15-13-23(14-16-24)12-6-10-21-17-19-8-4-5-11-22-19/h2-5,7-9,11,17H,6,10,12-16H2,1H3. The molecule has 3 rings (SSSR count). The topological polar surface area (TPSA) is 31.7 Å². The van der Waals surface area contributed by atoms with Gasteiger partial charge in [-0.1, -0.05) is 24.3 Å². The molecule has 126 valence electrons. The number of anilines is 1. The van der Waals surface area contributed by atoms with Gasteiger partial charge in [0.1, 0.15) is 0 Å². The lowest BCUT2D eigenvalue weighted by atomic mass is 10.1. The van der Waals surface area contributed by atoms with Crippen molar-refractivity contribution in [3.63, 3.8) is 0 Å². The van der Waals surface area contributed by atoms with E-state index in [9.17, 15) is 0 Å². The maximum Gasteiger partial charge on any atom is 0.0807 e. The van der Waals surface area contributed by atoms with Crippen LogP contribution in [0.5, 0.6) is 0 Å². The zero-order valence-electron chi connectivity index (χ0n) is 14.4. The van der Waals surface area contributed by atoms with Crippen LogP contribution in [0.25, 0.3) is 0 Å². The molecule has 0 radical (unpaired) electrons. The Morgan fingerprint density at radius 1 is 1.04 bits per heavy atom. The third kappa shape index (κ3) is 4.65. The number of aliphatic imine (C=N–C) groups is 1. The summed E-state index contributed by atoms with van der Waals surface area (Å²) in [4.78, 5) is 13.8. The van der Waals surface area contributed by atoms with E-state index in [4.69, 9.17) is 0 Å². The maximum absolute atomic E-state index is 4.48. The summed E-state index contributed by atoms with van der Waals surface area (Å²) in [6.45, 7) is 8.69. The van der Waals surface area contributed by atoms with Gasteiger partial charge in [0.2, 0.25) is 0 Å². The van der Waals surface area contributed by atoms with Crippen molar-refractivity contribution in [3.05, 3.63) is 59.9 Å². The first kappa shape index (κ1) is 16.7. The second-order valence-electron chi connectivity index (χ2n) is 6.26. The second-order valence-corrected chi connectivity index (χ2v) is 6.26. The van der Waals surface area contributed by atoms with E-state index in [-0.39, 0.29) is 0 Å². The van der Waals surface area contributed by atoms with Crippen LogP contribution in [0.4, 0.5) is 5.69 Å². The summed E-state index contributed by atoms with van der Waals surface area (Å²) in [6, 6.07) is 14.6. The average Bonchev–Trinajstić information content (AvgIpc) is 2.63. The zero-order chi connectivity index (χ0) is 16.6. The van der Waals surface area contributed by atoms with Gasteiger partial charge in [-0.15, -0.1) is 0 Å². The van der Waals surface area contributed by atoms with E-state index in [1.165, 1.54) is 11.3 Å². The Balaban J connectivity index is 1.37.